The van der Waals surface area contributed by atoms with Crippen molar-refractivity contribution in [1.29, 1.82) is 5.26 Å². The van der Waals surface area contributed by atoms with Crippen molar-refractivity contribution >= 4 is 46.6 Å². The minimum atomic E-state index is -0.191. The summed E-state index contributed by atoms with van der Waals surface area (Å²) in [7, 11) is 3.17. The quantitative estimate of drug-likeness (QED) is 0.210. The summed E-state index contributed by atoms with van der Waals surface area (Å²) in [6, 6.07) is 24.3. The number of nitrogens with zero attached hydrogens (tertiary/aromatic N) is 2. The van der Waals surface area contributed by atoms with Gasteiger partial charge in [0.15, 0.2) is 0 Å². The van der Waals surface area contributed by atoms with Crippen molar-refractivity contribution in [1.82, 2.24) is 4.98 Å². The van der Waals surface area contributed by atoms with E-state index in [-0.39, 0.29) is 12.3 Å². The number of anilines is 1. The van der Waals surface area contributed by atoms with E-state index in [2.05, 4.69) is 11.4 Å². The third-order valence-corrected chi connectivity index (χ3v) is 7.35. The van der Waals surface area contributed by atoms with E-state index in [1.165, 1.54) is 11.8 Å². The lowest BCUT2D eigenvalue weighted by atomic mass is 9.98. The van der Waals surface area contributed by atoms with E-state index in [0.29, 0.717) is 60.4 Å². The van der Waals surface area contributed by atoms with Gasteiger partial charge in [-0.05, 0) is 42.5 Å². The highest BCUT2D eigenvalue weighted by Gasteiger charge is 2.19. The normalized spacial score (nSPS) is 10.5. The number of carbonyl (C=O) groups is 1. The van der Waals surface area contributed by atoms with Gasteiger partial charge in [-0.15, -0.1) is 11.8 Å². The van der Waals surface area contributed by atoms with E-state index >= 15 is 0 Å². The fraction of sp³-hybridized carbons (Fsp3) is 0.138. The molecule has 1 amide bonds. The maximum Gasteiger partial charge on any atom is 0.225 e. The van der Waals surface area contributed by atoms with Crippen molar-refractivity contribution in [2.45, 2.75) is 11.4 Å². The number of ether oxygens (including phenoxy) is 2. The minimum absolute atomic E-state index is 0.191. The highest BCUT2D eigenvalue weighted by Crippen LogP contribution is 2.40. The number of benzene rings is 3. The number of pyridine rings is 1. The van der Waals surface area contributed by atoms with E-state index < -0.39 is 0 Å². The number of hydrogen-bond acceptors (Lipinski definition) is 6. The third-order valence-electron chi connectivity index (χ3n) is 5.64. The molecule has 192 valence electrons. The Bertz CT molecular complexity index is 1510. The molecule has 0 radical (unpaired) electrons. The maximum atomic E-state index is 12.6. The van der Waals surface area contributed by atoms with Gasteiger partial charge in [-0.3, -0.25) is 4.79 Å². The van der Waals surface area contributed by atoms with Crippen LogP contribution in [0.2, 0.25) is 10.0 Å². The lowest BCUT2D eigenvalue weighted by molar-refractivity contribution is -0.115. The van der Waals surface area contributed by atoms with Gasteiger partial charge in [0.05, 0.1) is 35.5 Å². The zero-order valence-corrected chi connectivity index (χ0v) is 23.0. The molecule has 38 heavy (non-hydrogen) atoms. The standard InChI is InChI=1S/C29H23Cl2N3O3S/c1-36-20-9-11-27(37-2)22(15-20)21-16-26(18-6-4-3-5-7-18)34-29(23(21)17-32)38-13-12-28(35)33-19-8-10-24(30)25(31)14-19/h3-11,14-16H,12-13H2,1-2H3,(H,33,35). The molecule has 3 aromatic carbocycles. The summed E-state index contributed by atoms with van der Waals surface area (Å²) in [5.41, 5.74) is 3.93. The first-order valence-electron chi connectivity index (χ1n) is 11.5. The highest BCUT2D eigenvalue weighted by molar-refractivity contribution is 7.99. The van der Waals surface area contributed by atoms with Crippen molar-refractivity contribution in [3.63, 3.8) is 0 Å². The van der Waals surface area contributed by atoms with E-state index in [9.17, 15) is 10.1 Å². The fourth-order valence-corrected chi connectivity index (χ4v) is 5.01. The maximum absolute atomic E-state index is 12.6. The molecule has 0 aliphatic heterocycles. The van der Waals surface area contributed by atoms with Crippen LogP contribution in [-0.2, 0) is 4.79 Å². The largest absolute Gasteiger partial charge is 0.497 e. The van der Waals surface area contributed by atoms with Crippen LogP contribution >= 0.6 is 35.0 Å². The number of carbonyl (C=O) groups excluding carboxylic acids is 1. The Morgan fingerprint density at radius 2 is 1.76 bits per heavy atom. The zero-order chi connectivity index (χ0) is 27.1. The van der Waals surface area contributed by atoms with Gasteiger partial charge in [0.2, 0.25) is 5.91 Å². The van der Waals surface area contributed by atoms with Crippen molar-refractivity contribution < 1.29 is 14.3 Å². The molecule has 0 fully saturated rings. The van der Waals surface area contributed by atoms with E-state index in [4.69, 9.17) is 37.7 Å². The smallest absolute Gasteiger partial charge is 0.225 e. The van der Waals surface area contributed by atoms with Gasteiger partial charge in [-0.25, -0.2) is 4.98 Å². The molecular formula is C29H23Cl2N3O3S. The number of nitriles is 1. The van der Waals surface area contributed by atoms with Crippen molar-refractivity contribution in [2.24, 2.45) is 0 Å². The van der Waals surface area contributed by atoms with Crippen LogP contribution in [0, 0.1) is 11.3 Å². The van der Waals surface area contributed by atoms with E-state index in [0.717, 1.165) is 5.56 Å². The monoisotopic (exact) mass is 563 g/mol. The number of hydrogen-bond donors (Lipinski definition) is 1. The molecule has 0 spiro atoms. The number of aromatic nitrogens is 1. The molecule has 0 aliphatic rings. The van der Waals surface area contributed by atoms with Crippen LogP contribution in [0.1, 0.15) is 12.0 Å². The molecule has 1 aromatic heterocycles. The Kier molecular flexibility index (Phi) is 9.14. The number of halogens is 2. The molecule has 4 aromatic rings. The zero-order valence-electron chi connectivity index (χ0n) is 20.6. The van der Waals surface area contributed by atoms with E-state index in [1.807, 2.05) is 42.5 Å². The lowest BCUT2D eigenvalue weighted by Crippen LogP contribution is -2.12. The average Bonchev–Trinajstić information content (AvgIpc) is 2.94. The molecule has 4 rings (SSSR count). The molecule has 6 nitrogen and oxygen atoms in total. The first-order chi connectivity index (χ1) is 18.4. The van der Waals surface area contributed by atoms with E-state index in [1.54, 1.807) is 44.6 Å². The molecule has 0 aliphatic carbocycles. The fourth-order valence-electron chi connectivity index (χ4n) is 3.77. The Hall–Kier alpha value is -3.70. The lowest BCUT2D eigenvalue weighted by Gasteiger charge is -2.15. The summed E-state index contributed by atoms with van der Waals surface area (Å²) in [6.07, 6.45) is 0.199. The number of amides is 1. The summed E-state index contributed by atoms with van der Waals surface area (Å²) in [5.74, 6) is 1.45. The van der Waals surface area contributed by atoms with Crippen LogP contribution in [0.25, 0.3) is 22.4 Å². The summed E-state index contributed by atoms with van der Waals surface area (Å²) in [6.45, 7) is 0. The van der Waals surface area contributed by atoms with Gasteiger partial charge in [-0.2, -0.15) is 5.26 Å². The van der Waals surface area contributed by atoms with Gasteiger partial charge < -0.3 is 14.8 Å². The predicted octanol–water partition coefficient (Wildman–Crippen LogP) is 7.73. The third kappa shape index (κ3) is 6.40. The highest BCUT2D eigenvalue weighted by atomic mass is 35.5. The van der Waals surface area contributed by atoms with Crippen LogP contribution in [-0.4, -0.2) is 30.9 Å². The second kappa shape index (κ2) is 12.7. The molecule has 1 N–H and O–H groups in total. The Balaban J connectivity index is 1.66. The second-order valence-electron chi connectivity index (χ2n) is 8.05. The van der Waals surface area contributed by atoms with Gasteiger partial charge in [0.1, 0.15) is 22.6 Å². The molecule has 1 heterocycles. The molecular weight excluding hydrogens is 541 g/mol. The second-order valence-corrected chi connectivity index (χ2v) is 9.95. The average molecular weight is 564 g/mol. The van der Waals surface area contributed by atoms with Crippen LogP contribution in [0.4, 0.5) is 5.69 Å². The number of methoxy groups -OCH3 is 2. The van der Waals surface area contributed by atoms with Crippen molar-refractivity contribution in [3.05, 3.63) is 88.4 Å². The first-order valence-corrected chi connectivity index (χ1v) is 13.3. The summed E-state index contributed by atoms with van der Waals surface area (Å²) in [4.78, 5) is 17.4. The Labute approximate surface area is 235 Å². The van der Waals surface area contributed by atoms with Gasteiger partial charge >= 0.3 is 0 Å². The topological polar surface area (TPSA) is 84.2 Å². The van der Waals surface area contributed by atoms with Crippen LogP contribution in [0.15, 0.2) is 77.8 Å². The van der Waals surface area contributed by atoms with Crippen LogP contribution < -0.4 is 14.8 Å². The van der Waals surface area contributed by atoms with Crippen LogP contribution in [0.5, 0.6) is 11.5 Å². The molecule has 0 saturated heterocycles. The molecule has 9 heteroatoms. The first kappa shape index (κ1) is 27.3. The Morgan fingerprint density at radius 1 is 0.974 bits per heavy atom. The van der Waals surface area contributed by atoms with Gasteiger partial charge in [0, 0.05) is 34.6 Å². The SMILES string of the molecule is COc1ccc(OC)c(-c2cc(-c3ccccc3)nc(SCCC(=O)Nc3ccc(Cl)c(Cl)c3)c2C#N)c1. The minimum Gasteiger partial charge on any atom is -0.497 e. The molecule has 0 bridgehead atoms. The summed E-state index contributed by atoms with van der Waals surface area (Å²) < 4.78 is 11.0. The van der Waals surface area contributed by atoms with Crippen molar-refractivity contribution in [3.8, 4) is 40.0 Å². The number of nitrogens with one attached hydrogen (secondary N) is 1. The summed E-state index contributed by atoms with van der Waals surface area (Å²) >= 11 is 13.3. The molecule has 0 saturated carbocycles. The summed E-state index contributed by atoms with van der Waals surface area (Å²) in [5, 5.41) is 14.3. The predicted molar refractivity (Wildman–Crippen MR) is 153 cm³/mol. The Morgan fingerprint density at radius 3 is 2.45 bits per heavy atom. The van der Waals surface area contributed by atoms with Crippen LogP contribution in [0.3, 0.4) is 0 Å². The molecule has 0 atom stereocenters. The molecule has 0 unspecified atom stereocenters. The number of rotatable bonds is 9. The van der Waals surface area contributed by atoms with Gasteiger partial charge in [-0.1, -0.05) is 53.5 Å². The number of thioether (sulfide) groups is 1. The van der Waals surface area contributed by atoms with Crippen molar-refractivity contribution in [2.75, 3.05) is 25.3 Å². The van der Waals surface area contributed by atoms with Gasteiger partial charge in [0.25, 0.3) is 0 Å².